The van der Waals surface area contributed by atoms with Gasteiger partial charge in [0.25, 0.3) is 0 Å². The number of ether oxygens (including phenoxy) is 1. The van der Waals surface area contributed by atoms with E-state index in [0.29, 0.717) is 23.3 Å². The van der Waals surface area contributed by atoms with Gasteiger partial charge in [0.1, 0.15) is 23.1 Å². The third kappa shape index (κ3) is 5.76. The number of carbonyl (C=O) groups is 1. The lowest BCUT2D eigenvalue weighted by molar-refractivity contribution is -0.170. The number of amides is 1. The van der Waals surface area contributed by atoms with Gasteiger partial charge in [-0.2, -0.15) is 8.78 Å². The molecule has 2 atom stereocenters. The van der Waals surface area contributed by atoms with Crippen LogP contribution in [0.1, 0.15) is 50.7 Å². The number of nitrogens with zero attached hydrogens (tertiary/aromatic N) is 5. The van der Waals surface area contributed by atoms with Crippen molar-refractivity contribution in [3.05, 3.63) is 53.2 Å². The number of piperazine rings is 1. The van der Waals surface area contributed by atoms with Crippen LogP contribution < -0.4 is 10.1 Å². The van der Waals surface area contributed by atoms with Gasteiger partial charge in [0.05, 0.1) is 23.3 Å². The standard InChI is InChI=1S/C27H33F3N6O3/c1-15-14-35(6)10-11-36(15)25(37)39-22-12-19-21(13-31-22)33-17(3)34-24(19)32-16(2)18-8-7-9-20(23(18)28)27(29,30)26(4,5)38/h7-9,12-13,15-16,38H,10-11,14H2,1-6H3,(H,32,33,34)/t15-,16+/m0/s1. The van der Waals surface area contributed by atoms with Crippen LogP contribution in [0.2, 0.25) is 0 Å². The molecule has 3 aromatic rings. The maximum absolute atomic E-state index is 15.3. The molecular weight excluding hydrogens is 513 g/mol. The lowest BCUT2D eigenvalue weighted by Crippen LogP contribution is -2.53. The molecule has 0 saturated carbocycles. The van der Waals surface area contributed by atoms with Crippen molar-refractivity contribution >= 4 is 22.8 Å². The zero-order chi connectivity index (χ0) is 28.7. The minimum Gasteiger partial charge on any atom is -0.391 e. The van der Waals surface area contributed by atoms with Gasteiger partial charge in [-0.3, -0.25) is 0 Å². The second-order valence-corrected chi connectivity index (χ2v) is 10.5. The molecule has 1 aliphatic rings. The van der Waals surface area contributed by atoms with E-state index in [4.69, 9.17) is 4.74 Å². The number of anilines is 1. The molecule has 4 rings (SSSR count). The van der Waals surface area contributed by atoms with E-state index in [-0.39, 0.29) is 23.3 Å². The van der Waals surface area contributed by atoms with E-state index in [2.05, 4.69) is 25.2 Å². The van der Waals surface area contributed by atoms with Gasteiger partial charge >= 0.3 is 12.0 Å². The summed E-state index contributed by atoms with van der Waals surface area (Å²) >= 11 is 0. The number of nitrogens with one attached hydrogen (secondary N) is 1. The topological polar surface area (TPSA) is 104 Å². The van der Waals surface area contributed by atoms with Crippen LogP contribution in [-0.4, -0.2) is 74.3 Å². The number of aromatic nitrogens is 3. The maximum atomic E-state index is 15.3. The zero-order valence-corrected chi connectivity index (χ0v) is 22.8. The summed E-state index contributed by atoms with van der Waals surface area (Å²) in [5.41, 5.74) is -2.95. The highest BCUT2D eigenvalue weighted by Crippen LogP contribution is 2.41. The summed E-state index contributed by atoms with van der Waals surface area (Å²) in [7, 11) is 1.99. The Morgan fingerprint density at radius 1 is 1.26 bits per heavy atom. The van der Waals surface area contributed by atoms with E-state index in [0.717, 1.165) is 33.0 Å². The number of pyridine rings is 1. The fourth-order valence-corrected chi connectivity index (χ4v) is 4.59. The minimum absolute atomic E-state index is 0.0322. The summed E-state index contributed by atoms with van der Waals surface area (Å²) in [6, 6.07) is 4.34. The molecule has 0 bridgehead atoms. The Balaban J connectivity index is 1.63. The number of hydrogen-bond donors (Lipinski definition) is 2. The molecule has 0 spiro atoms. The Bertz CT molecular complexity index is 1380. The van der Waals surface area contributed by atoms with Gasteiger partial charge < -0.3 is 25.0 Å². The van der Waals surface area contributed by atoms with E-state index in [1.54, 1.807) is 18.7 Å². The van der Waals surface area contributed by atoms with Gasteiger partial charge in [-0.15, -0.1) is 0 Å². The number of fused-ring (bicyclic) bond motifs is 1. The summed E-state index contributed by atoms with van der Waals surface area (Å²) < 4.78 is 50.5. The van der Waals surface area contributed by atoms with Gasteiger partial charge in [-0.1, -0.05) is 12.1 Å². The molecule has 2 N–H and O–H groups in total. The van der Waals surface area contributed by atoms with Crippen LogP contribution in [0, 0.1) is 12.7 Å². The SMILES string of the molecule is Cc1nc(N[C@H](C)c2cccc(C(F)(F)C(C)(C)O)c2F)c2cc(OC(=O)N3CCN(C)C[C@@H]3C)ncc2n1. The van der Waals surface area contributed by atoms with Crippen molar-refractivity contribution in [2.45, 2.75) is 58.2 Å². The molecule has 0 aliphatic carbocycles. The third-order valence-corrected chi connectivity index (χ3v) is 6.88. The second kappa shape index (κ2) is 10.6. The van der Waals surface area contributed by atoms with Gasteiger partial charge in [0.2, 0.25) is 5.88 Å². The Hall–Kier alpha value is -3.51. The first kappa shape index (κ1) is 28.5. The summed E-state index contributed by atoms with van der Waals surface area (Å²) in [5.74, 6) is -4.22. The smallest absolute Gasteiger partial charge is 0.391 e. The van der Waals surface area contributed by atoms with Crippen LogP contribution in [0.4, 0.5) is 23.8 Å². The molecule has 12 heteroatoms. The number of carbonyl (C=O) groups excluding carboxylic acids is 1. The van der Waals surface area contributed by atoms with Crippen molar-refractivity contribution in [3.8, 4) is 5.88 Å². The number of likely N-dealkylation sites (N-methyl/N-ethyl adjacent to an activating group) is 1. The number of aliphatic hydroxyl groups is 1. The highest BCUT2D eigenvalue weighted by Gasteiger charge is 2.49. The zero-order valence-electron chi connectivity index (χ0n) is 22.8. The Morgan fingerprint density at radius 3 is 2.64 bits per heavy atom. The van der Waals surface area contributed by atoms with Crippen molar-refractivity contribution in [2.75, 3.05) is 32.0 Å². The number of aryl methyl sites for hydroxylation is 1. The lowest BCUT2D eigenvalue weighted by atomic mass is 9.91. The van der Waals surface area contributed by atoms with Crippen LogP contribution in [0.25, 0.3) is 10.9 Å². The third-order valence-electron chi connectivity index (χ3n) is 6.88. The number of benzene rings is 1. The average Bonchev–Trinajstić information content (AvgIpc) is 2.83. The summed E-state index contributed by atoms with van der Waals surface area (Å²) in [4.78, 5) is 29.6. The van der Waals surface area contributed by atoms with Crippen LogP contribution in [0.3, 0.4) is 0 Å². The molecule has 1 aliphatic heterocycles. The quantitative estimate of drug-likeness (QED) is 0.461. The molecule has 3 heterocycles. The molecule has 1 amide bonds. The molecule has 9 nitrogen and oxygen atoms in total. The van der Waals surface area contributed by atoms with Crippen molar-refractivity contribution < 1.29 is 27.8 Å². The summed E-state index contributed by atoms with van der Waals surface area (Å²) in [6.07, 6.45) is 0.922. The first-order valence-corrected chi connectivity index (χ1v) is 12.7. The Kier molecular flexibility index (Phi) is 7.72. The predicted octanol–water partition coefficient (Wildman–Crippen LogP) is 4.64. The number of halogens is 3. The highest BCUT2D eigenvalue weighted by atomic mass is 19.3. The molecule has 1 saturated heterocycles. The Morgan fingerprint density at radius 2 is 1.97 bits per heavy atom. The lowest BCUT2D eigenvalue weighted by Gasteiger charge is -2.37. The summed E-state index contributed by atoms with van der Waals surface area (Å²) in [5, 5.41) is 13.5. The monoisotopic (exact) mass is 546 g/mol. The number of hydrogen-bond acceptors (Lipinski definition) is 8. The largest absolute Gasteiger partial charge is 0.416 e. The van der Waals surface area contributed by atoms with Crippen LogP contribution in [0.5, 0.6) is 5.88 Å². The fraction of sp³-hybridized carbons (Fsp3) is 0.481. The molecule has 0 unspecified atom stereocenters. The number of rotatable bonds is 6. The van der Waals surface area contributed by atoms with Crippen molar-refractivity contribution in [1.29, 1.82) is 0 Å². The van der Waals surface area contributed by atoms with Gasteiger partial charge in [-0.05, 0) is 47.7 Å². The molecule has 0 radical (unpaired) electrons. The van der Waals surface area contributed by atoms with Gasteiger partial charge in [-0.25, -0.2) is 24.1 Å². The van der Waals surface area contributed by atoms with Crippen LogP contribution >= 0.6 is 0 Å². The molecule has 39 heavy (non-hydrogen) atoms. The minimum atomic E-state index is -3.82. The van der Waals surface area contributed by atoms with E-state index in [1.165, 1.54) is 24.4 Å². The van der Waals surface area contributed by atoms with Gasteiger partial charge in [0, 0.05) is 42.7 Å². The van der Waals surface area contributed by atoms with Crippen molar-refractivity contribution in [1.82, 2.24) is 24.8 Å². The highest BCUT2D eigenvalue weighted by molar-refractivity contribution is 5.89. The molecular formula is C27H33F3N6O3. The average molecular weight is 547 g/mol. The summed E-state index contributed by atoms with van der Waals surface area (Å²) in [6.45, 7) is 9.04. The van der Waals surface area contributed by atoms with E-state index >= 15 is 4.39 Å². The number of alkyl halides is 2. The first-order chi connectivity index (χ1) is 18.2. The second-order valence-electron chi connectivity index (χ2n) is 10.5. The maximum Gasteiger partial charge on any atom is 0.416 e. The van der Waals surface area contributed by atoms with Crippen LogP contribution in [-0.2, 0) is 5.92 Å². The van der Waals surface area contributed by atoms with E-state index in [1.807, 2.05) is 14.0 Å². The molecule has 1 fully saturated rings. The van der Waals surface area contributed by atoms with Crippen molar-refractivity contribution in [2.24, 2.45) is 0 Å². The van der Waals surface area contributed by atoms with E-state index < -0.39 is 35.0 Å². The Labute approximate surface area is 225 Å². The van der Waals surface area contributed by atoms with Crippen LogP contribution in [0.15, 0.2) is 30.5 Å². The first-order valence-electron chi connectivity index (χ1n) is 12.7. The molecule has 210 valence electrons. The molecule has 1 aromatic carbocycles. The van der Waals surface area contributed by atoms with E-state index in [9.17, 15) is 18.7 Å². The molecule has 2 aromatic heterocycles. The van der Waals surface area contributed by atoms with Crippen molar-refractivity contribution in [3.63, 3.8) is 0 Å². The van der Waals surface area contributed by atoms with Gasteiger partial charge in [0.15, 0.2) is 0 Å². The normalized spacial score (nSPS) is 17.8. The predicted molar refractivity (Wildman–Crippen MR) is 140 cm³/mol. The fourth-order valence-electron chi connectivity index (χ4n) is 4.59.